The molecule has 7 nitrogen and oxygen atoms in total. The number of rotatable bonds is 5. The van der Waals surface area contributed by atoms with E-state index in [4.69, 9.17) is 15.9 Å². The van der Waals surface area contributed by atoms with Crippen LogP contribution >= 0.6 is 0 Å². The standard InChI is InChI=1S/C10H16N2O5/c11-6(4-8(13)14)9(15)12-7-3-1-2-5(7)10(16)17/h5-7H,1-4,11H2,(H,12,15)(H,13,14)(H,16,17)/t5?,6-,7?/m0/s1. The molecule has 1 fully saturated rings. The van der Waals surface area contributed by atoms with Gasteiger partial charge in [-0.05, 0) is 12.8 Å². The SMILES string of the molecule is N[C@@H](CC(=O)O)C(=O)NC1CCCC1C(=O)O. The summed E-state index contributed by atoms with van der Waals surface area (Å²) in [6, 6.07) is -1.58. The van der Waals surface area contributed by atoms with Crippen molar-refractivity contribution in [3.8, 4) is 0 Å². The number of hydrogen-bond donors (Lipinski definition) is 4. The molecule has 1 aliphatic rings. The first-order valence-corrected chi connectivity index (χ1v) is 5.42. The summed E-state index contributed by atoms with van der Waals surface area (Å²) >= 11 is 0. The third-order valence-electron chi connectivity index (χ3n) is 2.89. The van der Waals surface area contributed by atoms with E-state index < -0.39 is 42.3 Å². The fourth-order valence-corrected chi connectivity index (χ4v) is 2.00. The molecule has 5 N–H and O–H groups in total. The molecule has 1 aliphatic carbocycles. The fraction of sp³-hybridized carbons (Fsp3) is 0.700. The summed E-state index contributed by atoms with van der Waals surface area (Å²) in [4.78, 5) is 32.7. The highest BCUT2D eigenvalue weighted by Crippen LogP contribution is 2.25. The first-order chi connectivity index (χ1) is 7.91. The molecule has 17 heavy (non-hydrogen) atoms. The Balaban J connectivity index is 2.50. The molecule has 1 saturated carbocycles. The lowest BCUT2D eigenvalue weighted by atomic mass is 10.0. The van der Waals surface area contributed by atoms with Gasteiger partial charge >= 0.3 is 11.9 Å². The molecule has 7 heteroatoms. The highest BCUT2D eigenvalue weighted by Gasteiger charge is 2.34. The van der Waals surface area contributed by atoms with E-state index in [1.807, 2.05) is 0 Å². The van der Waals surface area contributed by atoms with E-state index in [0.29, 0.717) is 12.8 Å². The Bertz CT molecular complexity index is 331. The highest BCUT2D eigenvalue weighted by atomic mass is 16.4. The van der Waals surface area contributed by atoms with E-state index in [0.717, 1.165) is 6.42 Å². The second kappa shape index (κ2) is 5.62. The van der Waals surface area contributed by atoms with Crippen molar-refractivity contribution >= 4 is 17.8 Å². The van der Waals surface area contributed by atoms with Gasteiger partial charge in [-0.3, -0.25) is 14.4 Å². The molecule has 0 aromatic heterocycles. The van der Waals surface area contributed by atoms with E-state index in [2.05, 4.69) is 5.32 Å². The lowest BCUT2D eigenvalue weighted by Crippen LogP contribution is -2.48. The van der Waals surface area contributed by atoms with Gasteiger partial charge in [-0.2, -0.15) is 0 Å². The average molecular weight is 244 g/mol. The third kappa shape index (κ3) is 3.70. The van der Waals surface area contributed by atoms with Crippen molar-refractivity contribution in [1.29, 1.82) is 0 Å². The molecule has 0 radical (unpaired) electrons. The van der Waals surface area contributed by atoms with Crippen molar-refractivity contribution in [2.75, 3.05) is 0 Å². The summed E-state index contributed by atoms with van der Waals surface area (Å²) in [6.45, 7) is 0. The molecule has 2 unspecified atom stereocenters. The first kappa shape index (κ1) is 13.4. The molecule has 0 aliphatic heterocycles. The Labute approximate surface area is 98.0 Å². The Kier molecular flexibility index (Phi) is 4.45. The lowest BCUT2D eigenvalue weighted by molar-refractivity contribution is -0.143. The number of carboxylic acids is 2. The quantitative estimate of drug-likeness (QED) is 0.499. The topological polar surface area (TPSA) is 130 Å². The smallest absolute Gasteiger partial charge is 0.308 e. The maximum atomic E-state index is 11.5. The van der Waals surface area contributed by atoms with E-state index in [-0.39, 0.29) is 0 Å². The normalized spacial score (nSPS) is 25.2. The lowest BCUT2D eigenvalue weighted by Gasteiger charge is -2.19. The van der Waals surface area contributed by atoms with Gasteiger partial charge in [0.25, 0.3) is 0 Å². The predicted molar refractivity (Wildman–Crippen MR) is 57.1 cm³/mol. The van der Waals surface area contributed by atoms with E-state index in [1.165, 1.54) is 0 Å². The molecule has 0 spiro atoms. The number of hydrogen-bond acceptors (Lipinski definition) is 4. The summed E-state index contributed by atoms with van der Waals surface area (Å²) in [5.41, 5.74) is 5.38. The zero-order valence-electron chi connectivity index (χ0n) is 9.26. The van der Waals surface area contributed by atoms with Crippen LogP contribution in [0.4, 0.5) is 0 Å². The second-order valence-electron chi connectivity index (χ2n) is 4.20. The van der Waals surface area contributed by atoms with Crippen molar-refractivity contribution in [1.82, 2.24) is 5.32 Å². The molecule has 0 saturated heterocycles. The number of aliphatic carboxylic acids is 2. The largest absolute Gasteiger partial charge is 0.481 e. The minimum absolute atomic E-state index is 0.445. The van der Waals surface area contributed by atoms with Crippen molar-refractivity contribution in [3.05, 3.63) is 0 Å². The zero-order valence-corrected chi connectivity index (χ0v) is 9.26. The fourth-order valence-electron chi connectivity index (χ4n) is 2.00. The van der Waals surface area contributed by atoms with Gasteiger partial charge < -0.3 is 21.3 Å². The minimum Gasteiger partial charge on any atom is -0.481 e. The van der Waals surface area contributed by atoms with Gasteiger partial charge in [0.05, 0.1) is 18.4 Å². The second-order valence-corrected chi connectivity index (χ2v) is 4.20. The van der Waals surface area contributed by atoms with E-state index in [9.17, 15) is 14.4 Å². The van der Waals surface area contributed by atoms with Gasteiger partial charge in [0.2, 0.25) is 5.91 Å². The molecule has 1 rings (SSSR count). The number of nitrogens with two attached hydrogens (primary N) is 1. The number of nitrogens with one attached hydrogen (secondary N) is 1. The van der Waals surface area contributed by atoms with Crippen LogP contribution in [0.5, 0.6) is 0 Å². The Morgan fingerprint density at radius 3 is 2.47 bits per heavy atom. The van der Waals surface area contributed by atoms with Crippen molar-refractivity contribution in [3.63, 3.8) is 0 Å². The molecule has 1 amide bonds. The third-order valence-corrected chi connectivity index (χ3v) is 2.89. The predicted octanol–water partition coefficient (Wildman–Crippen LogP) is -0.842. The number of carboxylic acid groups (broad SMARTS) is 2. The van der Waals surface area contributed by atoms with Gasteiger partial charge in [-0.1, -0.05) is 6.42 Å². The Hall–Kier alpha value is -1.63. The average Bonchev–Trinajstić information content (AvgIpc) is 2.64. The van der Waals surface area contributed by atoms with Crippen molar-refractivity contribution < 1.29 is 24.6 Å². The summed E-state index contributed by atoms with van der Waals surface area (Å²) < 4.78 is 0. The molecule has 0 bridgehead atoms. The summed E-state index contributed by atoms with van der Waals surface area (Å²) in [5, 5.41) is 19.9. The molecule has 0 aromatic carbocycles. The van der Waals surface area contributed by atoms with Crippen molar-refractivity contribution in [2.24, 2.45) is 11.7 Å². The van der Waals surface area contributed by atoms with Gasteiger partial charge in [-0.15, -0.1) is 0 Å². The van der Waals surface area contributed by atoms with Crippen LogP contribution in [0, 0.1) is 5.92 Å². The molecule has 0 aromatic rings. The monoisotopic (exact) mass is 244 g/mol. The summed E-state index contributed by atoms with van der Waals surface area (Å²) in [5.74, 6) is -3.31. The Morgan fingerprint density at radius 2 is 1.94 bits per heavy atom. The zero-order chi connectivity index (χ0) is 13.0. The van der Waals surface area contributed by atoms with E-state index in [1.54, 1.807) is 0 Å². The van der Waals surface area contributed by atoms with Crippen LogP contribution in [0.15, 0.2) is 0 Å². The van der Waals surface area contributed by atoms with Crippen LogP contribution < -0.4 is 11.1 Å². The minimum atomic E-state index is -1.16. The van der Waals surface area contributed by atoms with Gasteiger partial charge in [-0.25, -0.2) is 0 Å². The molecular weight excluding hydrogens is 228 g/mol. The molecule has 96 valence electrons. The molecule has 3 atom stereocenters. The molecule has 0 heterocycles. The highest BCUT2D eigenvalue weighted by molar-refractivity contribution is 5.86. The van der Waals surface area contributed by atoms with Crippen molar-refractivity contribution in [2.45, 2.75) is 37.8 Å². The van der Waals surface area contributed by atoms with Crippen LogP contribution in [0.1, 0.15) is 25.7 Å². The summed E-state index contributed by atoms with van der Waals surface area (Å²) in [7, 11) is 0. The van der Waals surface area contributed by atoms with Crippen LogP contribution in [0.2, 0.25) is 0 Å². The number of carbonyl (C=O) groups excluding carboxylic acids is 1. The van der Waals surface area contributed by atoms with Crippen LogP contribution in [0.25, 0.3) is 0 Å². The van der Waals surface area contributed by atoms with Crippen LogP contribution in [-0.4, -0.2) is 40.1 Å². The maximum Gasteiger partial charge on any atom is 0.308 e. The number of amides is 1. The Morgan fingerprint density at radius 1 is 1.29 bits per heavy atom. The first-order valence-electron chi connectivity index (χ1n) is 5.42. The summed E-state index contributed by atoms with van der Waals surface area (Å²) in [6.07, 6.45) is 1.38. The van der Waals surface area contributed by atoms with Crippen LogP contribution in [0.3, 0.4) is 0 Å². The van der Waals surface area contributed by atoms with E-state index >= 15 is 0 Å². The maximum absolute atomic E-state index is 11.5. The number of carbonyl (C=O) groups is 3. The molecular formula is C10H16N2O5. The van der Waals surface area contributed by atoms with Gasteiger partial charge in [0.15, 0.2) is 0 Å². The van der Waals surface area contributed by atoms with Crippen LogP contribution in [-0.2, 0) is 14.4 Å². The van der Waals surface area contributed by atoms with Gasteiger partial charge in [0.1, 0.15) is 0 Å². The van der Waals surface area contributed by atoms with Gasteiger partial charge in [0, 0.05) is 6.04 Å².